The largest absolute Gasteiger partial charge is 0.465 e. The molecule has 0 bridgehead atoms. The van der Waals surface area contributed by atoms with Gasteiger partial charge in [0, 0.05) is 5.92 Å². The maximum Gasteiger partial charge on any atom is 0.419 e. The van der Waals surface area contributed by atoms with E-state index in [0.29, 0.717) is 12.1 Å². The van der Waals surface area contributed by atoms with Crippen LogP contribution < -0.4 is 0 Å². The summed E-state index contributed by atoms with van der Waals surface area (Å²) >= 11 is 0. The minimum absolute atomic E-state index is 0.0470. The molecule has 0 aliphatic rings. The van der Waals surface area contributed by atoms with Crippen LogP contribution in [0.4, 0.5) is 17.6 Å². The average molecular weight is 334 g/mol. The number of carbonyl (C=O) groups is 2. The lowest BCUT2D eigenvalue weighted by molar-refractivity contribution is -0.152. The number of benzene rings is 1. The molecular weight excluding hydrogens is 316 g/mol. The highest BCUT2D eigenvalue weighted by atomic mass is 19.4. The van der Waals surface area contributed by atoms with Crippen LogP contribution in [0, 0.1) is 17.7 Å². The van der Waals surface area contributed by atoms with Crippen molar-refractivity contribution in [2.75, 3.05) is 6.61 Å². The van der Waals surface area contributed by atoms with Crippen molar-refractivity contribution >= 4 is 11.8 Å². The number of ether oxygens (including phenoxy) is 1. The van der Waals surface area contributed by atoms with E-state index in [9.17, 15) is 27.2 Å². The number of carbonyl (C=O) groups excluding carboxylic acids is 2. The molecule has 1 aromatic rings. The number of Topliss-reactive ketones (excluding diaryl/α,β-unsaturated/α-hetero) is 1. The third kappa shape index (κ3) is 5.04. The Morgan fingerprint density at radius 3 is 2.30 bits per heavy atom. The van der Waals surface area contributed by atoms with Gasteiger partial charge in [0.2, 0.25) is 0 Å². The monoisotopic (exact) mass is 334 g/mol. The highest BCUT2D eigenvalue weighted by Gasteiger charge is 2.35. The van der Waals surface area contributed by atoms with Crippen molar-refractivity contribution in [1.82, 2.24) is 0 Å². The smallest absolute Gasteiger partial charge is 0.419 e. The van der Waals surface area contributed by atoms with Gasteiger partial charge in [-0.1, -0.05) is 19.9 Å². The van der Waals surface area contributed by atoms with E-state index in [2.05, 4.69) is 0 Å². The summed E-state index contributed by atoms with van der Waals surface area (Å²) in [4.78, 5) is 24.0. The maximum absolute atomic E-state index is 13.3. The van der Waals surface area contributed by atoms with E-state index in [-0.39, 0.29) is 18.6 Å². The second kappa shape index (κ2) is 7.57. The molecule has 1 unspecified atom stereocenters. The van der Waals surface area contributed by atoms with E-state index in [0.717, 1.165) is 6.07 Å². The highest BCUT2D eigenvalue weighted by molar-refractivity contribution is 6.00. The zero-order valence-electron chi connectivity index (χ0n) is 13.0. The Bertz CT molecular complexity index is 579. The van der Waals surface area contributed by atoms with Gasteiger partial charge in [0.05, 0.1) is 12.2 Å². The van der Waals surface area contributed by atoms with Crippen LogP contribution in [-0.4, -0.2) is 18.4 Å². The zero-order valence-corrected chi connectivity index (χ0v) is 13.0. The molecule has 1 atom stereocenters. The summed E-state index contributed by atoms with van der Waals surface area (Å²) in [6.07, 6.45) is -5.11. The molecule has 7 heteroatoms. The third-order valence-corrected chi connectivity index (χ3v) is 3.26. The fourth-order valence-electron chi connectivity index (χ4n) is 2.10. The first-order valence-corrected chi connectivity index (χ1v) is 7.13. The van der Waals surface area contributed by atoms with E-state index in [4.69, 9.17) is 4.74 Å². The number of rotatable bonds is 6. The van der Waals surface area contributed by atoms with Crippen LogP contribution in [0.25, 0.3) is 0 Å². The normalized spacial score (nSPS) is 13.0. The Morgan fingerprint density at radius 1 is 1.22 bits per heavy atom. The van der Waals surface area contributed by atoms with Crippen LogP contribution in [-0.2, 0) is 26.9 Å². The summed E-state index contributed by atoms with van der Waals surface area (Å²) in [6.45, 7) is 4.78. The van der Waals surface area contributed by atoms with E-state index >= 15 is 0 Å². The predicted octanol–water partition coefficient (Wildman–Crippen LogP) is 3.79. The molecular formula is C16H18F4O3. The summed E-state index contributed by atoms with van der Waals surface area (Å²) in [6, 6.07) is 2.43. The van der Waals surface area contributed by atoms with E-state index in [1.54, 1.807) is 20.8 Å². The van der Waals surface area contributed by atoms with Gasteiger partial charge < -0.3 is 4.74 Å². The van der Waals surface area contributed by atoms with Gasteiger partial charge in [-0.05, 0) is 31.0 Å². The molecule has 3 nitrogen and oxygen atoms in total. The molecule has 0 aliphatic carbocycles. The molecule has 0 spiro atoms. The van der Waals surface area contributed by atoms with E-state index in [1.165, 1.54) is 0 Å². The molecule has 0 amide bonds. The van der Waals surface area contributed by atoms with Gasteiger partial charge in [-0.2, -0.15) is 13.2 Å². The second-order valence-corrected chi connectivity index (χ2v) is 5.38. The molecule has 0 aliphatic heterocycles. The number of hydrogen-bond donors (Lipinski definition) is 0. The summed E-state index contributed by atoms with van der Waals surface area (Å²) < 4.78 is 56.3. The minimum atomic E-state index is -4.85. The Balaban J connectivity index is 3.13. The summed E-state index contributed by atoms with van der Waals surface area (Å²) in [5.41, 5.74) is -1.37. The quantitative estimate of drug-likeness (QED) is 0.452. The molecule has 0 saturated carbocycles. The van der Waals surface area contributed by atoms with Crippen molar-refractivity contribution in [1.29, 1.82) is 0 Å². The van der Waals surface area contributed by atoms with Crippen molar-refractivity contribution in [3.63, 3.8) is 0 Å². The molecule has 1 rings (SSSR count). The van der Waals surface area contributed by atoms with Gasteiger partial charge in [0.15, 0.2) is 0 Å². The molecule has 23 heavy (non-hydrogen) atoms. The standard InChI is InChI=1S/C16H18F4O3/c1-4-23-15(22)11(14(21)9(2)3)7-10-5-6-13(17)12(8-10)16(18,19)20/h5-6,8-9,11H,4,7H2,1-3H3. The third-order valence-electron chi connectivity index (χ3n) is 3.26. The average Bonchev–Trinajstić information content (AvgIpc) is 2.44. The predicted molar refractivity (Wildman–Crippen MR) is 75.1 cm³/mol. The molecule has 0 N–H and O–H groups in total. The van der Waals surface area contributed by atoms with E-state index in [1.807, 2.05) is 0 Å². The molecule has 128 valence electrons. The number of halogens is 4. The highest BCUT2D eigenvalue weighted by Crippen LogP contribution is 2.32. The van der Waals surface area contributed by atoms with Crippen molar-refractivity contribution in [3.05, 3.63) is 35.1 Å². The number of esters is 1. The first-order chi connectivity index (χ1) is 10.6. The molecule has 0 saturated heterocycles. The Kier molecular flexibility index (Phi) is 6.29. The molecule has 0 fully saturated rings. The van der Waals surface area contributed by atoms with Crippen molar-refractivity contribution in [2.24, 2.45) is 11.8 Å². The summed E-state index contributed by atoms with van der Waals surface area (Å²) in [7, 11) is 0. The number of alkyl halides is 3. The van der Waals surface area contributed by atoms with Crippen LogP contribution >= 0.6 is 0 Å². The van der Waals surface area contributed by atoms with Crippen LogP contribution in [0.3, 0.4) is 0 Å². The van der Waals surface area contributed by atoms with Gasteiger partial charge >= 0.3 is 12.1 Å². The molecule has 0 radical (unpaired) electrons. The summed E-state index contributed by atoms with van der Waals surface area (Å²) in [5.74, 6) is -4.30. The lowest BCUT2D eigenvalue weighted by Gasteiger charge is -2.17. The molecule has 0 aromatic heterocycles. The Hall–Kier alpha value is -1.92. The van der Waals surface area contributed by atoms with E-state index < -0.39 is 41.1 Å². The zero-order chi connectivity index (χ0) is 17.8. The lowest BCUT2D eigenvalue weighted by atomic mass is 9.89. The van der Waals surface area contributed by atoms with Crippen LogP contribution in [0.1, 0.15) is 31.9 Å². The fourth-order valence-corrected chi connectivity index (χ4v) is 2.10. The minimum Gasteiger partial charge on any atom is -0.465 e. The van der Waals surface area contributed by atoms with Crippen molar-refractivity contribution < 1.29 is 31.9 Å². The molecule has 0 heterocycles. The SMILES string of the molecule is CCOC(=O)C(Cc1ccc(F)c(C(F)(F)F)c1)C(=O)C(C)C. The van der Waals surface area contributed by atoms with Gasteiger partial charge in [-0.3, -0.25) is 9.59 Å². The first-order valence-electron chi connectivity index (χ1n) is 7.13. The van der Waals surface area contributed by atoms with Crippen molar-refractivity contribution in [3.8, 4) is 0 Å². The lowest BCUT2D eigenvalue weighted by Crippen LogP contribution is -2.31. The first kappa shape index (κ1) is 19.1. The van der Waals surface area contributed by atoms with Crippen LogP contribution in [0.5, 0.6) is 0 Å². The fraction of sp³-hybridized carbons (Fsp3) is 0.500. The van der Waals surface area contributed by atoms with Gasteiger partial charge in [-0.15, -0.1) is 0 Å². The van der Waals surface area contributed by atoms with Gasteiger partial charge in [0.1, 0.15) is 17.5 Å². The van der Waals surface area contributed by atoms with Gasteiger partial charge in [0.25, 0.3) is 0 Å². The molecule has 1 aromatic carbocycles. The van der Waals surface area contributed by atoms with Crippen molar-refractivity contribution in [2.45, 2.75) is 33.4 Å². The topological polar surface area (TPSA) is 43.4 Å². The van der Waals surface area contributed by atoms with Crippen LogP contribution in [0.2, 0.25) is 0 Å². The van der Waals surface area contributed by atoms with Gasteiger partial charge in [-0.25, -0.2) is 4.39 Å². The second-order valence-electron chi connectivity index (χ2n) is 5.38. The number of ketones is 1. The maximum atomic E-state index is 13.3. The Labute approximate surface area is 131 Å². The summed E-state index contributed by atoms with van der Waals surface area (Å²) in [5, 5.41) is 0. The van der Waals surface area contributed by atoms with Crippen LogP contribution in [0.15, 0.2) is 18.2 Å². The number of hydrogen-bond acceptors (Lipinski definition) is 3. The Morgan fingerprint density at radius 2 is 1.83 bits per heavy atom.